The SMILES string of the molecule is CCCCN(C)S(=O)(=O)c1cccc(C(C)N)c1. The summed E-state index contributed by atoms with van der Waals surface area (Å²) in [7, 11) is -1.77. The Hall–Kier alpha value is -0.910. The maximum Gasteiger partial charge on any atom is 0.242 e. The second kappa shape index (κ2) is 6.31. The Kier molecular flexibility index (Phi) is 5.31. The quantitative estimate of drug-likeness (QED) is 0.861. The third kappa shape index (κ3) is 3.54. The van der Waals surface area contributed by atoms with Crippen molar-refractivity contribution in [3.63, 3.8) is 0 Å². The van der Waals surface area contributed by atoms with Crippen LogP contribution in [0.2, 0.25) is 0 Å². The van der Waals surface area contributed by atoms with Crippen LogP contribution in [0.1, 0.15) is 38.3 Å². The average molecular weight is 270 g/mol. The lowest BCUT2D eigenvalue weighted by Gasteiger charge is -2.17. The van der Waals surface area contributed by atoms with E-state index in [-0.39, 0.29) is 6.04 Å². The lowest BCUT2D eigenvalue weighted by atomic mass is 10.1. The topological polar surface area (TPSA) is 63.4 Å². The third-order valence-electron chi connectivity index (χ3n) is 2.92. The molecule has 0 saturated carbocycles. The van der Waals surface area contributed by atoms with Gasteiger partial charge in [-0.25, -0.2) is 12.7 Å². The molecule has 0 spiro atoms. The minimum atomic E-state index is -3.39. The van der Waals surface area contributed by atoms with Gasteiger partial charge in [-0.3, -0.25) is 0 Å². The van der Waals surface area contributed by atoms with Gasteiger partial charge in [0.15, 0.2) is 0 Å². The molecule has 0 aliphatic carbocycles. The smallest absolute Gasteiger partial charge is 0.242 e. The Labute approximate surface area is 110 Å². The van der Waals surface area contributed by atoms with Crippen LogP contribution in [0.3, 0.4) is 0 Å². The van der Waals surface area contributed by atoms with E-state index in [0.717, 1.165) is 18.4 Å². The maximum atomic E-state index is 12.3. The van der Waals surface area contributed by atoms with E-state index in [1.165, 1.54) is 4.31 Å². The summed E-state index contributed by atoms with van der Waals surface area (Å²) in [5.74, 6) is 0. The number of rotatable bonds is 6. The summed E-state index contributed by atoms with van der Waals surface area (Å²) in [6.07, 6.45) is 1.84. The van der Waals surface area contributed by atoms with E-state index in [4.69, 9.17) is 5.73 Å². The van der Waals surface area contributed by atoms with Crippen molar-refractivity contribution in [2.45, 2.75) is 37.6 Å². The third-order valence-corrected chi connectivity index (χ3v) is 4.77. The number of nitrogens with two attached hydrogens (primary N) is 1. The highest BCUT2D eigenvalue weighted by atomic mass is 32.2. The summed E-state index contributed by atoms with van der Waals surface area (Å²) in [6.45, 7) is 4.42. The molecule has 0 aromatic heterocycles. The van der Waals surface area contributed by atoms with E-state index in [9.17, 15) is 8.42 Å². The van der Waals surface area contributed by atoms with Crippen molar-refractivity contribution in [1.29, 1.82) is 0 Å². The minimum absolute atomic E-state index is 0.166. The molecule has 1 atom stereocenters. The van der Waals surface area contributed by atoms with Crippen LogP contribution in [0, 0.1) is 0 Å². The van der Waals surface area contributed by atoms with Crippen LogP contribution in [0.4, 0.5) is 0 Å². The average Bonchev–Trinajstić information content (AvgIpc) is 2.35. The predicted octanol–water partition coefficient (Wildman–Crippen LogP) is 2.13. The second-order valence-corrected chi connectivity index (χ2v) is 6.59. The predicted molar refractivity (Wildman–Crippen MR) is 73.8 cm³/mol. The molecule has 1 rings (SSSR count). The Morgan fingerprint density at radius 2 is 2.06 bits per heavy atom. The van der Waals surface area contributed by atoms with E-state index in [2.05, 4.69) is 0 Å². The van der Waals surface area contributed by atoms with Gasteiger partial charge < -0.3 is 5.73 Å². The van der Waals surface area contributed by atoms with Crippen molar-refractivity contribution in [3.8, 4) is 0 Å². The zero-order valence-corrected chi connectivity index (χ0v) is 12.1. The molecule has 1 aromatic rings. The number of hydrogen-bond donors (Lipinski definition) is 1. The number of nitrogens with zero attached hydrogens (tertiary/aromatic N) is 1. The van der Waals surface area contributed by atoms with Gasteiger partial charge in [0.2, 0.25) is 10.0 Å². The molecule has 0 bridgehead atoms. The highest BCUT2D eigenvalue weighted by Gasteiger charge is 2.20. The fourth-order valence-corrected chi connectivity index (χ4v) is 2.90. The minimum Gasteiger partial charge on any atom is -0.324 e. The number of benzene rings is 1. The van der Waals surface area contributed by atoms with Gasteiger partial charge >= 0.3 is 0 Å². The largest absolute Gasteiger partial charge is 0.324 e. The number of hydrogen-bond acceptors (Lipinski definition) is 3. The number of unbranched alkanes of at least 4 members (excludes halogenated alkanes) is 1. The van der Waals surface area contributed by atoms with Crippen molar-refractivity contribution in [2.24, 2.45) is 5.73 Å². The fourth-order valence-electron chi connectivity index (χ4n) is 1.64. The Balaban J connectivity index is 3.01. The lowest BCUT2D eigenvalue weighted by molar-refractivity contribution is 0.459. The molecule has 0 aliphatic heterocycles. The van der Waals surface area contributed by atoms with Gasteiger partial charge in [0.1, 0.15) is 0 Å². The molecular weight excluding hydrogens is 248 g/mol. The molecule has 1 unspecified atom stereocenters. The molecule has 5 heteroatoms. The summed E-state index contributed by atoms with van der Waals surface area (Å²) < 4.78 is 26.0. The zero-order chi connectivity index (χ0) is 13.8. The van der Waals surface area contributed by atoms with Crippen molar-refractivity contribution in [1.82, 2.24) is 4.31 Å². The molecule has 0 saturated heterocycles. The van der Waals surface area contributed by atoms with Crippen LogP contribution in [-0.4, -0.2) is 26.3 Å². The van der Waals surface area contributed by atoms with Crippen molar-refractivity contribution < 1.29 is 8.42 Å². The first kappa shape index (κ1) is 15.1. The molecule has 18 heavy (non-hydrogen) atoms. The molecule has 1 aromatic carbocycles. The first-order valence-corrected chi connectivity index (χ1v) is 7.65. The summed E-state index contributed by atoms with van der Waals surface area (Å²) >= 11 is 0. The highest BCUT2D eigenvalue weighted by molar-refractivity contribution is 7.89. The highest BCUT2D eigenvalue weighted by Crippen LogP contribution is 2.19. The molecule has 0 amide bonds. The van der Waals surface area contributed by atoms with Gasteiger partial charge in [-0.2, -0.15) is 0 Å². The molecule has 4 nitrogen and oxygen atoms in total. The van der Waals surface area contributed by atoms with Crippen LogP contribution < -0.4 is 5.73 Å². The monoisotopic (exact) mass is 270 g/mol. The summed E-state index contributed by atoms with van der Waals surface area (Å²) in [6, 6.07) is 6.68. The van der Waals surface area contributed by atoms with Gasteiger partial charge in [-0.05, 0) is 31.0 Å². The molecule has 0 radical (unpaired) electrons. The van der Waals surface area contributed by atoms with Gasteiger partial charge in [0.05, 0.1) is 4.90 Å². The first-order valence-electron chi connectivity index (χ1n) is 6.21. The molecule has 0 fully saturated rings. The normalized spacial score (nSPS) is 13.8. The summed E-state index contributed by atoms with van der Waals surface area (Å²) in [4.78, 5) is 0.316. The molecular formula is C13H22N2O2S. The van der Waals surface area contributed by atoms with Crippen molar-refractivity contribution in [2.75, 3.05) is 13.6 Å². The molecule has 2 N–H and O–H groups in total. The van der Waals surface area contributed by atoms with Crippen molar-refractivity contribution in [3.05, 3.63) is 29.8 Å². The standard InChI is InChI=1S/C13H22N2O2S/c1-4-5-9-15(3)18(16,17)13-8-6-7-12(10-13)11(2)14/h6-8,10-11H,4-5,9,14H2,1-3H3. The Morgan fingerprint density at radius 1 is 1.39 bits per heavy atom. The molecule has 0 aliphatic rings. The summed E-state index contributed by atoms with van der Waals surface area (Å²) in [5, 5.41) is 0. The first-order chi connectivity index (χ1) is 8.39. The maximum absolute atomic E-state index is 12.3. The van der Waals surface area contributed by atoms with E-state index in [1.54, 1.807) is 25.2 Å². The van der Waals surface area contributed by atoms with E-state index in [1.807, 2.05) is 19.9 Å². The van der Waals surface area contributed by atoms with Crippen LogP contribution in [0.15, 0.2) is 29.2 Å². The Morgan fingerprint density at radius 3 is 2.61 bits per heavy atom. The van der Waals surface area contributed by atoms with Gasteiger partial charge in [0.25, 0.3) is 0 Å². The van der Waals surface area contributed by atoms with Gasteiger partial charge in [0, 0.05) is 19.6 Å². The van der Waals surface area contributed by atoms with Gasteiger partial charge in [-0.15, -0.1) is 0 Å². The Bertz CT molecular complexity index is 484. The van der Waals surface area contributed by atoms with Crippen LogP contribution in [0.5, 0.6) is 0 Å². The second-order valence-electron chi connectivity index (χ2n) is 4.54. The molecule has 0 heterocycles. The number of sulfonamides is 1. The van der Waals surface area contributed by atoms with Gasteiger partial charge in [-0.1, -0.05) is 25.5 Å². The zero-order valence-electron chi connectivity index (χ0n) is 11.3. The lowest BCUT2D eigenvalue weighted by Crippen LogP contribution is -2.28. The van der Waals surface area contributed by atoms with Crippen LogP contribution in [-0.2, 0) is 10.0 Å². The fraction of sp³-hybridized carbons (Fsp3) is 0.538. The molecule has 102 valence electrons. The van der Waals surface area contributed by atoms with Crippen molar-refractivity contribution >= 4 is 10.0 Å². The van der Waals surface area contributed by atoms with Crippen LogP contribution in [0.25, 0.3) is 0 Å². The van der Waals surface area contributed by atoms with E-state index in [0.29, 0.717) is 11.4 Å². The van der Waals surface area contributed by atoms with Crippen LogP contribution >= 0.6 is 0 Å². The van der Waals surface area contributed by atoms with E-state index >= 15 is 0 Å². The summed E-state index contributed by atoms with van der Waals surface area (Å²) in [5.41, 5.74) is 6.61. The van der Waals surface area contributed by atoms with E-state index < -0.39 is 10.0 Å².